The van der Waals surface area contributed by atoms with E-state index in [0.29, 0.717) is 6.54 Å². The van der Waals surface area contributed by atoms with Gasteiger partial charge in [-0.1, -0.05) is 0 Å². The maximum Gasteiger partial charge on any atom is 0.339 e. The molecule has 84 valence electrons. The zero-order valence-corrected chi connectivity index (χ0v) is 9.28. The fraction of sp³-hybridized carbons (Fsp3) is 0.500. The molecule has 15 heavy (non-hydrogen) atoms. The Labute approximate surface area is 87.4 Å². The van der Waals surface area contributed by atoms with Gasteiger partial charge in [-0.25, -0.2) is 13.2 Å². The van der Waals surface area contributed by atoms with Crippen LogP contribution in [0.1, 0.15) is 23.0 Å². The molecule has 0 aliphatic carbocycles. The summed E-state index contributed by atoms with van der Waals surface area (Å²) in [7, 11) is -3.26. The smallest absolute Gasteiger partial charge is 0.339 e. The number of aromatic carboxylic acids is 1. The normalized spacial score (nSPS) is 11.6. The summed E-state index contributed by atoms with van der Waals surface area (Å²) < 4.78 is 23.6. The number of sulfone groups is 1. The molecule has 0 atom stereocenters. The van der Waals surface area contributed by atoms with E-state index in [1.54, 1.807) is 6.92 Å². The number of rotatable bonds is 4. The average Bonchev–Trinajstić information content (AvgIpc) is 2.44. The maximum absolute atomic E-state index is 11.1. The number of hydrogen-bond acceptors (Lipinski definition) is 4. The molecule has 0 aliphatic heterocycles. The molecule has 1 rings (SSSR count). The lowest BCUT2D eigenvalue weighted by Gasteiger charge is -2.04. The summed E-state index contributed by atoms with van der Waals surface area (Å²) in [5.41, 5.74) is 0.176. The molecule has 0 bridgehead atoms. The van der Waals surface area contributed by atoms with Crippen molar-refractivity contribution in [3.8, 4) is 0 Å². The van der Waals surface area contributed by atoms with Crippen molar-refractivity contribution in [3.63, 3.8) is 0 Å². The molecule has 1 heterocycles. The van der Waals surface area contributed by atoms with Crippen LogP contribution in [-0.2, 0) is 22.1 Å². The second kappa shape index (κ2) is 4.01. The molecular formula is C8H12N2O4S. The standard InChI is InChI=1S/C8H12N2O4S/c1-3-10-7(5-15(2,13)14)6(4-9-10)8(11)12/h4H,3,5H2,1-2H3,(H,11,12). The topological polar surface area (TPSA) is 89.3 Å². The van der Waals surface area contributed by atoms with Crippen LogP contribution in [0.2, 0.25) is 0 Å². The first-order chi connectivity index (χ1) is 6.85. The molecule has 0 unspecified atom stereocenters. The highest BCUT2D eigenvalue weighted by Gasteiger charge is 2.19. The van der Waals surface area contributed by atoms with Crippen molar-refractivity contribution < 1.29 is 18.3 Å². The Morgan fingerprint density at radius 2 is 2.20 bits per heavy atom. The van der Waals surface area contributed by atoms with Crippen LogP contribution in [0.15, 0.2) is 6.20 Å². The van der Waals surface area contributed by atoms with E-state index in [1.807, 2.05) is 0 Å². The van der Waals surface area contributed by atoms with Gasteiger partial charge in [-0.05, 0) is 6.92 Å². The van der Waals surface area contributed by atoms with E-state index in [-0.39, 0.29) is 17.0 Å². The molecule has 0 amide bonds. The molecule has 0 aromatic carbocycles. The fourth-order valence-corrected chi connectivity index (χ4v) is 2.06. The first-order valence-electron chi connectivity index (χ1n) is 4.31. The van der Waals surface area contributed by atoms with E-state index in [4.69, 9.17) is 5.11 Å². The van der Waals surface area contributed by atoms with Crippen LogP contribution in [0.3, 0.4) is 0 Å². The zero-order valence-electron chi connectivity index (χ0n) is 8.47. The Morgan fingerprint density at radius 3 is 2.60 bits per heavy atom. The monoisotopic (exact) mass is 232 g/mol. The van der Waals surface area contributed by atoms with E-state index in [2.05, 4.69) is 5.10 Å². The van der Waals surface area contributed by atoms with Crippen molar-refractivity contribution in [1.29, 1.82) is 0 Å². The molecule has 0 spiro atoms. The van der Waals surface area contributed by atoms with Gasteiger partial charge in [-0.3, -0.25) is 4.68 Å². The number of carboxylic acids is 1. The summed E-state index contributed by atoms with van der Waals surface area (Å²) in [5, 5.41) is 12.6. The minimum atomic E-state index is -3.26. The van der Waals surface area contributed by atoms with Gasteiger partial charge >= 0.3 is 5.97 Å². The number of aryl methyl sites for hydroxylation is 1. The zero-order chi connectivity index (χ0) is 11.6. The lowest BCUT2D eigenvalue weighted by Crippen LogP contribution is -2.12. The predicted octanol–water partition coefficient (Wildman–Crippen LogP) is 0.146. The van der Waals surface area contributed by atoms with E-state index in [1.165, 1.54) is 10.9 Å². The number of hydrogen-bond donors (Lipinski definition) is 1. The number of carbonyl (C=O) groups is 1. The second-order valence-corrected chi connectivity index (χ2v) is 5.34. The molecule has 1 aromatic rings. The van der Waals surface area contributed by atoms with E-state index >= 15 is 0 Å². The van der Waals surface area contributed by atoms with Crippen LogP contribution in [-0.4, -0.2) is 35.5 Å². The highest BCUT2D eigenvalue weighted by molar-refractivity contribution is 7.89. The SMILES string of the molecule is CCn1ncc(C(=O)O)c1CS(C)(=O)=O. The fourth-order valence-electron chi connectivity index (χ4n) is 1.26. The number of carboxylic acid groups (broad SMARTS) is 1. The van der Waals surface area contributed by atoms with Gasteiger partial charge in [0.25, 0.3) is 0 Å². The molecule has 1 N–H and O–H groups in total. The average molecular weight is 232 g/mol. The second-order valence-electron chi connectivity index (χ2n) is 3.20. The van der Waals surface area contributed by atoms with Gasteiger partial charge in [0.2, 0.25) is 0 Å². The highest BCUT2D eigenvalue weighted by Crippen LogP contribution is 2.12. The summed E-state index contributed by atoms with van der Waals surface area (Å²) in [5.74, 6) is -1.46. The van der Waals surface area contributed by atoms with Crippen LogP contribution >= 0.6 is 0 Å². The molecule has 0 aliphatic rings. The van der Waals surface area contributed by atoms with Crippen molar-refractivity contribution in [2.24, 2.45) is 0 Å². The van der Waals surface area contributed by atoms with Crippen LogP contribution < -0.4 is 0 Å². The minimum absolute atomic E-state index is 0.0534. The van der Waals surface area contributed by atoms with Crippen LogP contribution in [0, 0.1) is 0 Å². The van der Waals surface area contributed by atoms with Crippen LogP contribution in [0.25, 0.3) is 0 Å². The molecule has 7 heteroatoms. The number of aromatic nitrogens is 2. The third-order valence-electron chi connectivity index (χ3n) is 1.88. The molecule has 0 fully saturated rings. The molecule has 0 radical (unpaired) electrons. The van der Waals surface area contributed by atoms with Crippen molar-refractivity contribution in [1.82, 2.24) is 9.78 Å². The van der Waals surface area contributed by atoms with Gasteiger partial charge in [0.15, 0.2) is 9.84 Å². The molecule has 1 aromatic heterocycles. The molecular weight excluding hydrogens is 220 g/mol. The van der Waals surface area contributed by atoms with E-state index < -0.39 is 15.8 Å². The molecule has 0 saturated heterocycles. The van der Waals surface area contributed by atoms with Crippen molar-refractivity contribution in [2.75, 3.05) is 6.26 Å². The van der Waals surface area contributed by atoms with Crippen LogP contribution in [0.5, 0.6) is 0 Å². The third-order valence-corrected chi connectivity index (χ3v) is 2.68. The first-order valence-corrected chi connectivity index (χ1v) is 6.37. The summed E-state index contributed by atoms with van der Waals surface area (Å²) >= 11 is 0. The van der Waals surface area contributed by atoms with Gasteiger partial charge < -0.3 is 5.11 Å². The van der Waals surface area contributed by atoms with Crippen molar-refractivity contribution >= 4 is 15.8 Å². The summed E-state index contributed by atoms with van der Waals surface area (Å²) in [6, 6.07) is 0. The summed E-state index contributed by atoms with van der Waals surface area (Å²) in [4.78, 5) is 10.8. The number of nitrogens with zero attached hydrogens (tertiary/aromatic N) is 2. The van der Waals surface area contributed by atoms with Crippen LogP contribution in [0.4, 0.5) is 0 Å². The largest absolute Gasteiger partial charge is 0.478 e. The van der Waals surface area contributed by atoms with Gasteiger partial charge in [0, 0.05) is 12.8 Å². The minimum Gasteiger partial charge on any atom is -0.478 e. The Hall–Kier alpha value is -1.37. The van der Waals surface area contributed by atoms with Gasteiger partial charge in [-0.2, -0.15) is 5.10 Å². The predicted molar refractivity (Wildman–Crippen MR) is 53.4 cm³/mol. The first kappa shape index (κ1) is 11.7. The van der Waals surface area contributed by atoms with Gasteiger partial charge in [-0.15, -0.1) is 0 Å². The van der Waals surface area contributed by atoms with Gasteiger partial charge in [0.1, 0.15) is 5.56 Å². The van der Waals surface area contributed by atoms with Crippen molar-refractivity contribution in [3.05, 3.63) is 17.5 Å². The van der Waals surface area contributed by atoms with E-state index in [9.17, 15) is 13.2 Å². The Morgan fingerprint density at radius 1 is 1.60 bits per heavy atom. The molecule has 6 nitrogen and oxygen atoms in total. The lowest BCUT2D eigenvalue weighted by molar-refractivity contribution is 0.0696. The van der Waals surface area contributed by atoms with E-state index in [0.717, 1.165) is 6.26 Å². The molecule has 0 saturated carbocycles. The third kappa shape index (κ3) is 2.79. The lowest BCUT2D eigenvalue weighted by atomic mass is 10.3. The Kier molecular flexibility index (Phi) is 3.13. The van der Waals surface area contributed by atoms with Crippen molar-refractivity contribution in [2.45, 2.75) is 19.2 Å². The Bertz CT molecular complexity index is 475. The summed E-state index contributed by atoms with van der Waals surface area (Å²) in [6.07, 6.45) is 2.23. The highest BCUT2D eigenvalue weighted by atomic mass is 32.2. The summed E-state index contributed by atoms with van der Waals surface area (Å²) in [6.45, 7) is 2.21. The Balaban J connectivity index is 3.23. The maximum atomic E-state index is 11.1. The quantitative estimate of drug-likeness (QED) is 0.797. The van der Waals surface area contributed by atoms with Gasteiger partial charge in [0.05, 0.1) is 17.6 Å².